The van der Waals surface area contributed by atoms with Crippen molar-refractivity contribution in [2.24, 2.45) is 0 Å². The molecule has 0 spiro atoms. The Morgan fingerprint density at radius 2 is 1.12 bits per heavy atom. The maximum Gasteiger partial charge on any atom is 0.418 e. The first-order chi connectivity index (χ1) is 23.9. The summed E-state index contributed by atoms with van der Waals surface area (Å²) in [4.78, 5) is 34.3. The van der Waals surface area contributed by atoms with E-state index in [9.17, 15) is 19.7 Å². The molecule has 49 heavy (non-hydrogen) atoms. The molecule has 0 unspecified atom stereocenters. The van der Waals surface area contributed by atoms with Gasteiger partial charge < -0.3 is 14.2 Å². The fourth-order valence-corrected chi connectivity index (χ4v) is 5.40. The number of hydrogen-bond donors (Lipinski definition) is 0. The second kappa shape index (κ2) is 34.8. The Balaban J connectivity index is 0.00000138. The molecule has 1 rings (SSSR count). The van der Waals surface area contributed by atoms with E-state index in [2.05, 4.69) is 32.1 Å². The summed E-state index contributed by atoms with van der Waals surface area (Å²) in [5.74, 6) is 0.791. The predicted molar refractivity (Wildman–Crippen MR) is 201 cm³/mol. The van der Waals surface area contributed by atoms with E-state index < -0.39 is 11.0 Å². The van der Waals surface area contributed by atoms with Gasteiger partial charge in [0.05, 0.1) is 17.2 Å². The molecule has 0 bridgehead atoms. The average molecular weight is 691 g/mol. The van der Waals surface area contributed by atoms with Crippen LogP contribution < -0.4 is 4.74 Å². The Bertz CT molecular complexity index is 927. The molecule has 0 saturated heterocycles. The van der Waals surface area contributed by atoms with Gasteiger partial charge in [-0.05, 0) is 18.6 Å². The van der Waals surface area contributed by atoms with E-state index in [-0.39, 0.29) is 37.8 Å². The molecule has 0 aromatic heterocycles. The SMILES string of the molecule is C=C(CCCCCCCCCCCCC)OCCN(COC=O)C(=O)Oc1ccc([N+](=O)[O-])cc1.CCCCCCCCCCCCCC. The largest absolute Gasteiger partial charge is 0.497 e. The summed E-state index contributed by atoms with van der Waals surface area (Å²) in [5, 5.41) is 10.7. The van der Waals surface area contributed by atoms with Crippen molar-refractivity contribution in [3.63, 3.8) is 0 Å². The van der Waals surface area contributed by atoms with Crippen molar-refractivity contribution >= 4 is 18.3 Å². The van der Waals surface area contributed by atoms with Crippen LogP contribution in [0.15, 0.2) is 36.6 Å². The zero-order chi connectivity index (χ0) is 36.2. The van der Waals surface area contributed by atoms with E-state index in [0.717, 1.165) is 24.2 Å². The fourth-order valence-electron chi connectivity index (χ4n) is 5.40. The molecule has 0 heterocycles. The third kappa shape index (κ3) is 29.5. The zero-order valence-corrected chi connectivity index (χ0v) is 31.4. The number of nitrogens with zero attached hydrogens (tertiary/aromatic N) is 2. The molecule has 0 N–H and O–H groups in total. The van der Waals surface area contributed by atoms with Crippen LogP contribution in [0.5, 0.6) is 5.75 Å². The number of non-ortho nitro benzene ring substituents is 1. The number of amides is 1. The minimum Gasteiger partial charge on any atom is -0.497 e. The molecule has 0 aliphatic carbocycles. The summed E-state index contributed by atoms with van der Waals surface area (Å²) in [6.45, 7) is 11.0. The number of allylic oxidation sites excluding steroid dienone is 1. The van der Waals surface area contributed by atoms with Crippen molar-refractivity contribution in [3.05, 3.63) is 46.7 Å². The molecular formula is C40H70N2O7. The van der Waals surface area contributed by atoms with Gasteiger partial charge in [-0.2, -0.15) is 0 Å². The molecule has 0 fully saturated rings. The minimum absolute atomic E-state index is 0.115. The maximum atomic E-state index is 12.4. The Kier molecular flexibility index (Phi) is 32.6. The van der Waals surface area contributed by atoms with E-state index in [1.165, 1.54) is 159 Å². The van der Waals surface area contributed by atoms with Crippen LogP contribution in [0.4, 0.5) is 10.5 Å². The van der Waals surface area contributed by atoms with Crippen LogP contribution >= 0.6 is 0 Å². The molecule has 1 aromatic rings. The number of rotatable bonds is 32. The van der Waals surface area contributed by atoms with Crippen LogP contribution in [0.3, 0.4) is 0 Å². The Morgan fingerprint density at radius 3 is 1.51 bits per heavy atom. The Morgan fingerprint density at radius 1 is 0.714 bits per heavy atom. The monoisotopic (exact) mass is 691 g/mol. The van der Waals surface area contributed by atoms with Crippen molar-refractivity contribution in [1.29, 1.82) is 0 Å². The molecule has 282 valence electrons. The zero-order valence-electron chi connectivity index (χ0n) is 31.4. The van der Waals surface area contributed by atoms with Crippen molar-refractivity contribution in [1.82, 2.24) is 4.90 Å². The number of carbonyl (C=O) groups excluding carboxylic acids is 2. The van der Waals surface area contributed by atoms with E-state index >= 15 is 0 Å². The topological polar surface area (TPSA) is 108 Å². The lowest BCUT2D eigenvalue weighted by Crippen LogP contribution is -2.37. The highest BCUT2D eigenvalue weighted by Gasteiger charge is 2.17. The molecule has 0 aliphatic heterocycles. The van der Waals surface area contributed by atoms with Crippen molar-refractivity contribution < 1.29 is 28.7 Å². The normalized spacial score (nSPS) is 10.5. The smallest absolute Gasteiger partial charge is 0.418 e. The van der Waals surface area contributed by atoms with Gasteiger partial charge in [0.2, 0.25) is 0 Å². The van der Waals surface area contributed by atoms with Gasteiger partial charge in [-0.3, -0.25) is 19.8 Å². The fraction of sp³-hybridized carbons (Fsp3) is 0.750. The molecule has 1 amide bonds. The highest BCUT2D eigenvalue weighted by atomic mass is 16.6. The lowest BCUT2D eigenvalue weighted by molar-refractivity contribution is -0.384. The number of benzene rings is 1. The van der Waals surface area contributed by atoms with Crippen LogP contribution in [0.1, 0.15) is 175 Å². The lowest BCUT2D eigenvalue weighted by Gasteiger charge is -2.21. The number of hydrogen-bond acceptors (Lipinski definition) is 7. The quantitative estimate of drug-likeness (QED) is 0.0185. The van der Waals surface area contributed by atoms with E-state index in [0.29, 0.717) is 5.76 Å². The molecule has 9 nitrogen and oxygen atoms in total. The van der Waals surface area contributed by atoms with Crippen molar-refractivity contribution in [2.75, 3.05) is 19.9 Å². The van der Waals surface area contributed by atoms with E-state index in [1.54, 1.807) is 0 Å². The van der Waals surface area contributed by atoms with Crippen molar-refractivity contribution in [3.8, 4) is 5.75 Å². The molecular weight excluding hydrogens is 620 g/mol. The van der Waals surface area contributed by atoms with Gasteiger partial charge in [0.15, 0.2) is 6.73 Å². The van der Waals surface area contributed by atoms with Gasteiger partial charge in [-0.15, -0.1) is 0 Å². The van der Waals surface area contributed by atoms with E-state index in [4.69, 9.17) is 9.47 Å². The number of nitro benzene ring substituents is 1. The van der Waals surface area contributed by atoms with Gasteiger partial charge in [0.25, 0.3) is 12.2 Å². The van der Waals surface area contributed by atoms with Crippen molar-refractivity contribution in [2.45, 2.75) is 175 Å². The summed E-state index contributed by atoms with van der Waals surface area (Å²) >= 11 is 0. The highest BCUT2D eigenvalue weighted by molar-refractivity contribution is 5.70. The number of ether oxygens (including phenoxy) is 3. The molecule has 0 radical (unpaired) electrons. The number of unbranched alkanes of at least 4 members (excludes halogenated alkanes) is 21. The molecule has 0 saturated carbocycles. The summed E-state index contributed by atoms with van der Waals surface area (Å²) < 4.78 is 15.5. The first-order valence-electron chi connectivity index (χ1n) is 19.5. The second-order valence-electron chi connectivity index (χ2n) is 13.0. The van der Waals surface area contributed by atoms with Crippen LogP contribution in [-0.2, 0) is 14.3 Å². The lowest BCUT2D eigenvalue weighted by atomic mass is 10.1. The van der Waals surface area contributed by atoms with E-state index in [1.807, 2.05) is 0 Å². The third-order valence-electron chi connectivity index (χ3n) is 8.49. The van der Waals surface area contributed by atoms with Gasteiger partial charge >= 0.3 is 6.09 Å². The molecule has 1 aromatic carbocycles. The van der Waals surface area contributed by atoms with Crippen LogP contribution in [0.2, 0.25) is 0 Å². The third-order valence-corrected chi connectivity index (χ3v) is 8.49. The standard InChI is InChI=1S/C26H40N2O7.C14H30/c1-3-4-5-6-7-8-9-10-11-12-13-14-23(2)34-20-19-27(21-33-22-29)26(30)35-25-17-15-24(16-18-25)28(31)32;1-3-5-7-9-11-13-14-12-10-8-6-4-2/h15-18,22H,2-14,19-21H2,1H3;3-14H2,1-2H3. The first kappa shape index (κ1) is 45.9. The van der Waals surface area contributed by atoms with Gasteiger partial charge in [0.1, 0.15) is 12.4 Å². The summed E-state index contributed by atoms with van der Waals surface area (Å²) in [7, 11) is 0. The van der Waals surface area contributed by atoms with Crippen LogP contribution in [-0.4, -0.2) is 42.3 Å². The number of nitro groups is 1. The second-order valence-corrected chi connectivity index (χ2v) is 13.0. The van der Waals surface area contributed by atoms with Crippen LogP contribution in [0.25, 0.3) is 0 Å². The molecule has 9 heteroatoms. The van der Waals surface area contributed by atoms with Gasteiger partial charge in [-0.1, -0.05) is 169 Å². The average Bonchev–Trinajstić information content (AvgIpc) is 3.10. The summed E-state index contributed by atoms with van der Waals surface area (Å²) in [6.07, 6.45) is 31.4. The highest BCUT2D eigenvalue weighted by Crippen LogP contribution is 2.19. The first-order valence-corrected chi connectivity index (χ1v) is 19.5. The number of carbonyl (C=O) groups is 2. The van der Waals surface area contributed by atoms with Gasteiger partial charge in [0, 0.05) is 18.6 Å². The molecule has 0 atom stereocenters. The predicted octanol–water partition coefficient (Wildman–Crippen LogP) is 12.5. The van der Waals surface area contributed by atoms with Crippen LogP contribution in [0, 0.1) is 10.1 Å². The Hall–Kier alpha value is -3.10. The minimum atomic E-state index is -0.764. The summed E-state index contributed by atoms with van der Waals surface area (Å²) in [5.41, 5.74) is -0.115. The Labute approximate surface area is 298 Å². The maximum absolute atomic E-state index is 12.4. The van der Waals surface area contributed by atoms with Gasteiger partial charge in [-0.25, -0.2) is 4.79 Å². The molecule has 0 aliphatic rings. The summed E-state index contributed by atoms with van der Waals surface area (Å²) in [6, 6.07) is 5.11.